The minimum atomic E-state index is -0.123. The van der Waals surface area contributed by atoms with Crippen molar-refractivity contribution >= 4 is 33.3 Å². The molecule has 0 aliphatic rings. The highest BCUT2D eigenvalue weighted by Crippen LogP contribution is 2.33. The topological polar surface area (TPSA) is 89.3 Å². The molecular formula is C18H22N4O3S. The van der Waals surface area contributed by atoms with Crippen molar-refractivity contribution in [2.75, 3.05) is 19.0 Å². The molecule has 0 radical (unpaired) electrons. The summed E-state index contributed by atoms with van der Waals surface area (Å²) in [5.41, 5.74) is 0.867. The van der Waals surface area contributed by atoms with Crippen molar-refractivity contribution in [3.05, 3.63) is 40.4 Å². The van der Waals surface area contributed by atoms with E-state index in [9.17, 15) is 4.79 Å². The number of hydrogen-bond acceptors (Lipinski definition) is 7. The first kappa shape index (κ1) is 18.3. The number of carbonyl (C=O) groups excluding carboxylic acids is 1. The zero-order chi connectivity index (χ0) is 18.7. The van der Waals surface area contributed by atoms with Crippen LogP contribution in [0.3, 0.4) is 0 Å². The van der Waals surface area contributed by atoms with E-state index in [1.54, 1.807) is 7.11 Å². The van der Waals surface area contributed by atoms with E-state index in [0.717, 1.165) is 27.3 Å². The highest BCUT2D eigenvalue weighted by atomic mass is 32.1. The number of methoxy groups -OCH3 is 1. The fourth-order valence-corrected chi connectivity index (χ4v) is 3.81. The molecule has 7 nitrogen and oxygen atoms in total. The predicted octanol–water partition coefficient (Wildman–Crippen LogP) is 3.28. The summed E-state index contributed by atoms with van der Waals surface area (Å²) in [5, 5.41) is 7.09. The van der Waals surface area contributed by atoms with Crippen LogP contribution >= 0.6 is 11.3 Å². The Kier molecular flexibility index (Phi) is 5.53. The Morgan fingerprint density at radius 2 is 2.15 bits per heavy atom. The number of nitrogens with zero attached hydrogens (tertiary/aromatic N) is 2. The summed E-state index contributed by atoms with van der Waals surface area (Å²) >= 11 is 1.36. The second-order valence-electron chi connectivity index (χ2n) is 6.15. The van der Waals surface area contributed by atoms with Crippen LogP contribution in [0.25, 0.3) is 10.2 Å². The molecule has 0 aliphatic carbocycles. The Bertz CT molecular complexity index is 918. The van der Waals surface area contributed by atoms with Gasteiger partial charge in [0.1, 0.15) is 28.5 Å². The lowest BCUT2D eigenvalue weighted by Crippen LogP contribution is -2.35. The quantitative estimate of drug-likeness (QED) is 0.660. The molecule has 0 aromatic carbocycles. The van der Waals surface area contributed by atoms with E-state index in [4.69, 9.17) is 9.15 Å². The van der Waals surface area contributed by atoms with Gasteiger partial charge in [-0.15, -0.1) is 11.3 Å². The zero-order valence-electron chi connectivity index (χ0n) is 15.3. The lowest BCUT2D eigenvalue weighted by molar-refractivity contribution is 0.0909. The summed E-state index contributed by atoms with van der Waals surface area (Å²) in [4.78, 5) is 22.7. The Morgan fingerprint density at radius 1 is 1.35 bits per heavy atom. The van der Waals surface area contributed by atoms with Crippen LogP contribution in [0, 0.1) is 13.8 Å². The van der Waals surface area contributed by atoms with E-state index in [-0.39, 0.29) is 11.9 Å². The summed E-state index contributed by atoms with van der Waals surface area (Å²) in [7, 11) is 1.61. The van der Waals surface area contributed by atoms with Crippen LogP contribution in [0.5, 0.6) is 0 Å². The maximum Gasteiger partial charge on any atom is 0.262 e. The van der Waals surface area contributed by atoms with Gasteiger partial charge < -0.3 is 19.8 Å². The number of nitrogens with one attached hydrogen (secondary N) is 2. The monoisotopic (exact) mass is 374 g/mol. The molecule has 3 rings (SSSR count). The highest BCUT2D eigenvalue weighted by Gasteiger charge is 2.20. The Hall–Kier alpha value is -2.45. The molecule has 0 fully saturated rings. The molecule has 0 bridgehead atoms. The molecule has 26 heavy (non-hydrogen) atoms. The van der Waals surface area contributed by atoms with Gasteiger partial charge in [0.25, 0.3) is 5.91 Å². The van der Waals surface area contributed by atoms with Crippen molar-refractivity contribution in [2.45, 2.75) is 33.4 Å². The number of thiophene rings is 1. The third kappa shape index (κ3) is 3.86. The fraction of sp³-hybridized carbons (Fsp3) is 0.389. The maximum atomic E-state index is 12.6. The molecule has 3 aromatic heterocycles. The van der Waals surface area contributed by atoms with E-state index >= 15 is 0 Å². The van der Waals surface area contributed by atoms with Crippen molar-refractivity contribution < 1.29 is 13.9 Å². The van der Waals surface area contributed by atoms with Crippen molar-refractivity contribution in [3.8, 4) is 0 Å². The molecule has 1 amide bonds. The van der Waals surface area contributed by atoms with Crippen LogP contribution in [0.2, 0.25) is 0 Å². The lowest BCUT2D eigenvalue weighted by atomic mass is 10.2. The minimum Gasteiger partial charge on any atom is -0.465 e. The van der Waals surface area contributed by atoms with E-state index in [2.05, 4.69) is 20.6 Å². The average Bonchev–Trinajstić information content (AvgIpc) is 3.17. The van der Waals surface area contributed by atoms with Crippen molar-refractivity contribution in [1.82, 2.24) is 15.3 Å². The van der Waals surface area contributed by atoms with Crippen LogP contribution in [0.4, 0.5) is 5.82 Å². The SMILES string of the molecule is COC[C@H](C)NC(=O)c1sc2ncnc(NCc3ccc(C)o3)c2c1C. The molecule has 0 aliphatic heterocycles. The van der Waals surface area contributed by atoms with Crippen molar-refractivity contribution in [2.24, 2.45) is 0 Å². The Labute approximate surface area is 155 Å². The number of aromatic nitrogens is 2. The molecule has 0 saturated carbocycles. The number of amides is 1. The number of carbonyl (C=O) groups is 1. The molecule has 3 heterocycles. The Morgan fingerprint density at radius 3 is 2.85 bits per heavy atom. The van der Waals surface area contributed by atoms with E-state index in [1.807, 2.05) is 32.9 Å². The predicted molar refractivity (Wildman–Crippen MR) is 102 cm³/mol. The molecule has 0 saturated heterocycles. The first-order chi connectivity index (χ1) is 12.5. The summed E-state index contributed by atoms with van der Waals surface area (Å²) in [6.07, 6.45) is 1.50. The van der Waals surface area contributed by atoms with Crippen LogP contribution < -0.4 is 10.6 Å². The second-order valence-corrected chi connectivity index (χ2v) is 7.15. The largest absolute Gasteiger partial charge is 0.465 e. The van der Waals surface area contributed by atoms with Crippen LogP contribution in [-0.4, -0.2) is 35.6 Å². The first-order valence-corrected chi connectivity index (χ1v) is 9.14. The number of fused-ring (bicyclic) bond motifs is 1. The number of ether oxygens (including phenoxy) is 1. The van der Waals surface area contributed by atoms with Crippen LogP contribution in [0.1, 0.15) is 33.7 Å². The average molecular weight is 374 g/mol. The van der Waals surface area contributed by atoms with Gasteiger partial charge in [-0.25, -0.2) is 9.97 Å². The van der Waals surface area contributed by atoms with Crippen molar-refractivity contribution in [1.29, 1.82) is 0 Å². The second kappa shape index (κ2) is 7.84. The standard InChI is InChI=1S/C18H22N4O3S/c1-10(8-24-4)22-17(23)15-12(3)14-16(20-9-21-18(14)26-15)19-7-13-6-5-11(2)25-13/h5-6,9-10H,7-8H2,1-4H3,(H,22,23)(H,19,20,21)/t10-/m0/s1. The molecule has 2 N–H and O–H groups in total. The Balaban J connectivity index is 1.85. The fourth-order valence-electron chi connectivity index (χ4n) is 2.75. The van der Waals surface area contributed by atoms with E-state index < -0.39 is 0 Å². The lowest BCUT2D eigenvalue weighted by Gasteiger charge is -2.12. The summed E-state index contributed by atoms with van der Waals surface area (Å²) in [6, 6.07) is 3.78. The molecule has 1 atom stereocenters. The number of furan rings is 1. The molecule has 0 spiro atoms. The van der Waals surface area contributed by atoms with Gasteiger partial charge in [0, 0.05) is 13.2 Å². The van der Waals surface area contributed by atoms with Gasteiger partial charge in [0.15, 0.2) is 0 Å². The van der Waals surface area contributed by atoms with E-state index in [0.29, 0.717) is 23.8 Å². The van der Waals surface area contributed by atoms with Gasteiger partial charge in [0.05, 0.1) is 23.4 Å². The van der Waals surface area contributed by atoms with E-state index in [1.165, 1.54) is 17.7 Å². The first-order valence-electron chi connectivity index (χ1n) is 8.32. The number of aryl methyl sites for hydroxylation is 2. The maximum absolute atomic E-state index is 12.6. The summed E-state index contributed by atoms with van der Waals surface area (Å²) in [5.74, 6) is 2.27. The molecular weight excluding hydrogens is 352 g/mol. The smallest absolute Gasteiger partial charge is 0.262 e. The van der Waals surface area contributed by atoms with Crippen molar-refractivity contribution in [3.63, 3.8) is 0 Å². The number of anilines is 1. The van der Waals surface area contributed by atoms with Crippen LogP contribution in [-0.2, 0) is 11.3 Å². The van der Waals surface area contributed by atoms with Gasteiger partial charge in [-0.3, -0.25) is 4.79 Å². The van der Waals surface area contributed by atoms with Gasteiger partial charge in [-0.1, -0.05) is 0 Å². The van der Waals surface area contributed by atoms with Crippen LogP contribution in [0.15, 0.2) is 22.9 Å². The van der Waals surface area contributed by atoms with Gasteiger partial charge in [-0.2, -0.15) is 0 Å². The zero-order valence-corrected chi connectivity index (χ0v) is 16.1. The third-order valence-corrected chi connectivity index (χ3v) is 5.15. The number of hydrogen-bond donors (Lipinski definition) is 2. The molecule has 3 aromatic rings. The van der Waals surface area contributed by atoms with Gasteiger partial charge in [0.2, 0.25) is 0 Å². The molecule has 0 unspecified atom stereocenters. The summed E-state index contributed by atoms with van der Waals surface area (Å²) < 4.78 is 10.7. The molecule has 8 heteroatoms. The number of rotatable bonds is 7. The summed E-state index contributed by atoms with van der Waals surface area (Å²) in [6.45, 7) is 6.71. The minimum absolute atomic E-state index is 0.0667. The van der Waals surface area contributed by atoms with Gasteiger partial charge >= 0.3 is 0 Å². The molecule has 138 valence electrons. The highest BCUT2D eigenvalue weighted by molar-refractivity contribution is 7.20. The normalized spacial score (nSPS) is 12.3. The van der Waals surface area contributed by atoms with Gasteiger partial charge in [-0.05, 0) is 38.5 Å². The third-order valence-electron chi connectivity index (χ3n) is 3.95.